The average Bonchev–Trinajstić information content (AvgIpc) is 2.92. The topological polar surface area (TPSA) is 32.3 Å². The summed E-state index contributed by atoms with van der Waals surface area (Å²) in [6.45, 7) is 0.794. The zero-order chi connectivity index (χ0) is 10.5. The van der Waals surface area contributed by atoms with Gasteiger partial charge in [-0.25, -0.2) is 0 Å². The molecule has 2 aliphatic carbocycles. The van der Waals surface area contributed by atoms with Gasteiger partial charge in [0, 0.05) is 18.3 Å². The molecule has 0 aromatic heterocycles. The fourth-order valence-electron chi connectivity index (χ4n) is 2.20. The lowest BCUT2D eigenvalue weighted by Crippen LogP contribution is -2.30. The van der Waals surface area contributed by atoms with Crippen LogP contribution in [0, 0.1) is 5.92 Å². The summed E-state index contributed by atoms with van der Waals surface area (Å²) in [6.07, 6.45) is 8.17. The second kappa shape index (κ2) is 6.12. The summed E-state index contributed by atoms with van der Waals surface area (Å²) in [7, 11) is 0. The second-order valence-electron chi connectivity index (χ2n) is 5.02. The van der Waals surface area contributed by atoms with Crippen LogP contribution >= 0.6 is 11.8 Å². The Labute approximate surface area is 97.2 Å². The van der Waals surface area contributed by atoms with Gasteiger partial charge >= 0.3 is 0 Å². The van der Waals surface area contributed by atoms with Crippen molar-refractivity contribution in [1.82, 2.24) is 5.32 Å². The molecule has 2 rings (SSSR count). The third-order valence-electron chi connectivity index (χ3n) is 3.36. The van der Waals surface area contributed by atoms with Crippen LogP contribution in [0.2, 0.25) is 0 Å². The van der Waals surface area contributed by atoms with Crippen molar-refractivity contribution in [3.05, 3.63) is 0 Å². The molecule has 0 aromatic rings. The molecule has 0 bridgehead atoms. The molecule has 2 fully saturated rings. The van der Waals surface area contributed by atoms with Gasteiger partial charge in [-0.1, -0.05) is 12.8 Å². The number of aliphatic hydroxyl groups excluding tert-OH is 1. The first-order valence-corrected chi connectivity index (χ1v) is 7.49. The fourth-order valence-corrected chi connectivity index (χ4v) is 3.39. The van der Waals surface area contributed by atoms with Crippen LogP contribution in [0.3, 0.4) is 0 Å². The lowest BCUT2D eigenvalue weighted by molar-refractivity contribution is 0.195. The van der Waals surface area contributed by atoms with E-state index in [0.717, 1.165) is 24.3 Å². The molecule has 0 saturated heterocycles. The van der Waals surface area contributed by atoms with Gasteiger partial charge in [0.05, 0.1) is 6.10 Å². The fraction of sp³-hybridized carbons (Fsp3) is 1.00. The van der Waals surface area contributed by atoms with Gasteiger partial charge in [-0.15, -0.1) is 0 Å². The van der Waals surface area contributed by atoms with Crippen LogP contribution in [-0.4, -0.2) is 35.3 Å². The Balaban J connectivity index is 1.44. The first-order chi connectivity index (χ1) is 7.34. The highest BCUT2D eigenvalue weighted by Crippen LogP contribution is 2.28. The Morgan fingerprint density at radius 3 is 2.60 bits per heavy atom. The van der Waals surface area contributed by atoms with Gasteiger partial charge in [0.15, 0.2) is 0 Å². The Morgan fingerprint density at radius 1 is 1.20 bits per heavy atom. The largest absolute Gasteiger partial charge is 0.391 e. The summed E-state index contributed by atoms with van der Waals surface area (Å²) >= 11 is 1.94. The van der Waals surface area contributed by atoms with E-state index >= 15 is 0 Å². The molecule has 3 heteroatoms. The van der Waals surface area contributed by atoms with Gasteiger partial charge in [-0.2, -0.15) is 11.8 Å². The van der Waals surface area contributed by atoms with E-state index in [9.17, 15) is 5.11 Å². The molecule has 2 nitrogen and oxygen atoms in total. The molecule has 1 unspecified atom stereocenters. The monoisotopic (exact) mass is 229 g/mol. The molecule has 88 valence electrons. The minimum atomic E-state index is -0.142. The number of aliphatic hydroxyl groups is 1. The van der Waals surface area contributed by atoms with Gasteiger partial charge in [-0.3, -0.25) is 0 Å². The van der Waals surface area contributed by atoms with Gasteiger partial charge < -0.3 is 10.4 Å². The van der Waals surface area contributed by atoms with E-state index in [1.165, 1.54) is 44.3 Å². The Kier molecular flexibility index (Phi) is 4.79. The van der Waals surface area contributed by atoms with Crippen LogP contribution in [0.25, 0.3) is 0 Å². The minimum Gasteiger partial charge on any atom is -0.391 e. The van der Waals surface area contributed by atoms with Crippen LogP contribution < -0.4 is 5.32 Å². The van der Waals surface area contributed by atoms with Gasteiger partial charge in [0.25, 0.3) is 0 Å². The molecule has 0 aliphatic heterocycles. The molecule has 0 spiro atoms. The lowest BCUT2D eigenvalue weighted by Gasteiger charge is -2.13. The van der Waals surface area contributed by atoms with E-state index in [1.807, 2.05) is 11.8 Å². The first kappa shape index (κ1) is 11.7. The van der Waals surface area contributed by atoms with Crippen LogP contribution in [-0.2, 0) is 0 Å². The molecule has 0 amide bonds. The normalized spacial score (nSPS) is 24.6. The molecule has 2 N–H and O–H groups in total. The summed E-state index contributed by atoms with van der Waals surface area (Å²) in [5.41, 5.74) is 0. The van der Waals surface area contributed by atoms with Crippen LogP contribution in [0.1, 0.15) is 38.5 Å². The van der Waals surface area contributed by atoms with E-state index in [4.69, 9.17) is 0 Å². The molecule has 0 heterocycles. The Morgan fingerprint density at radius 2 is 1.93 bits per heavy atom. The van der Waals surface area contributed by atoms with Crippen molar-refractivity contribution in [2.45, 2.75) is 50.7 Å². The van der Waals surface area contributed by atoms with Crippen molar-refractivity contribution in [3.8, 4) is 0 Å². The summed E-state index contributed by atoms with van der Waals surface area (Å²) < 4.78 is 0. The zero-order valence-electron chi connectivity index (χ0n) is 9.45. The van der Waals surface area contributed by atoms with Crippen molar-refractivity contribution in [2.24, 2.45) is 5.92 Å². The Bertz CT molecular complexity index is 178. The van der Waals surface area contributed by atoms with Crippen molar-refractivity contribution >= 4 is 11.8 Å². The molecular weight excluding hydrogens is 206 g/mol. The maximum Gasteiger partial charge on any atom is 0.0754 e. The quantitative estimate of drug-likeness (QED) is 0.700. The number of nitrogens with one attached hydrogen (secondary N) is 1. The predicted octanol–water partition coefficient (Wildman–Crippen LogP) is 2.02. The smallest absolute Gasteiger partial charge is 0.0754 e. The third kappa shape index (κ3) is 4.75. The number of hydrogen-bond donors (Lipinski definition) is 2. The second-order valence-corrected chi connectivity index (χ2v) is 6.10. The highest BCUT2D eigenvalue weighted by molar-refractivity contribution is 7.99. The minimum absolute atomic E-state index is 0.142. The highest BCUT2D eigenvalue weighted by atomic mass is 32.2. The lowest BCUT2D eigenvalue weighted by atomic mass is 10.1. The van der Waals surface area contributed by atoms with Gasteiger partial charge in [0.1, 0.15) is 0 Å². The molecular formula is C12H23NOS. The van der Waals surface area contributed by atoms with Crippen LogP contribution in [0.15, 0.2) is 0 Å². The third-order valence-corrected chi connectivity index (χ3v) is 4.69. The Hall–Kier alpha value is 0.270. The van der Waals surface area contributed by atoms with Crippen molar-refractivity contribution in [2.75, 3.05) is 18.1 Å². The number of rotatable bonds is 7. The van der Waals surface area contributed by atoms with E-state index in [-0.39, 0.29) is 6.10 Å². The van der Waals surface area contributed by atoms with E-state index in [1.54, 1.807) is 0 Å². The van der Waals surface area contributed by atoms with Crippen molar-refractivity contribution in [3.63, 3.8) is 0 Å². The van der Waals surface area contributed by atoms with E-state index in [0.29, 0.717) is 0 Å². The standard InChI is InChI=1S/C12H23NOS/c14-12(7-13-11-5-6-11)9-15-8-10-3-1-2-4-10/h10-14H,1-9H2. The summed E-state index contributed by atoms with van der Waals surface area (Å²) in [5, 5.41) is 13.1. The molecule has 0 aromatic carbocycles. The maximum absolute atomic E-state index is 9.72. The average molecular weight is 229 g/mol. The maximum atomic E-state index is 9.72. The van der Waals surface area contributed by atoms with E-state index < -0.39 is 0 Å². The molecule has 2 aliphatic rings. The van der Waals surface area contributed by atoms with Gasteiger partial charge in [-0.05, 0) is 37.4 Å². The van der Waals surface area contributed by atoms with Crippen LogP contribution in [0.5, 0.6) is 0 Å². The number of hydrogen-bond acceptors (Lipinski definition) is 3. The summed E-state index contributed by atoms with van der Waals surface area (Å²) in [6, 6.07) is 0.722. The SMILES string of the molecule is OC(CNC1CC1)CSCC1CCCC1. The molecule has 2 saturated carbocycles. The van der Waals surface area contributed by atoms with Crippen molar-refractivity contribution in [1.29, 1.82) is 0 Å². The zero-order valence-corrected chi connectivity index (χ0v) is 10.3. The van der Waals surface area contributed by atoms with Gasteiger partial charge in [0.2, 0.25) is 0 Å². The first-order valence-electron chi connectivity index (χ1n) is 6.34. The molecule has 0 radical (unpaired) electrons. The van der Waals surface area contributed by atoms with Crippen molar-refractivity contribution < 1.29 is 5.11 Å². The predicted molar refractivity (Wildman–Crippen MR) is 66.3 cm³/mol. The highest BCUT2D eigenvalue weighted by Gasteiger charge is 2.21. The summed E-state index contributed by atoms with van der Waals surface area (Å²) in [5.74, 6) is 3.12. The molecule has 1 atom stereocenters. The number of thioether (sulfide) groups is 1. The summed E-state index contributed by atoms with van der Waals surface area (Å²) in [4.78, 5) is 0. The molecule has 15 heavy (non-hydrogen) atoms. The van der Waals surface area contributed by atoms with Crippen LogP contribution in [0.4, 0.5) is 0 Å². The van der Waals surface area contributed by atoms with E-state index in [2.05, 4.69) is 5.32 Å².